The lowest BCUT2D eigenvalue weighted by atomic mass is 9.92. The van der Waals surface area contributed by atoms with Gasteiger partial charge in [-0.25, -0.2) is 19.0 Å². The smallest absolute Gasteiger partial charge is 0.141 e. The van der Waals surface area contributed by atoms with Gasteiger partial charge in [0.05, 0.1) is 11.4 Å². The summed E-state index contributed by atoms with van der Waals surface area (Å²) in [6.07, 6.45) is 15.5. The summed E-state index contributed by atoms with van der Waals surface area (Å²) in [5, 5.41) is 22.9. The summed E-state index contributed by atoms with van der Waals surface area (Å²) in [5.74, 6) is 0.951. The van der Waals surface area contributed by atoms with Gasteiger partial charge < -0.3 is 15.3 Å². The fraction of sp³-hybridized carbons (Fsp3) is 0.367. The van der Waals surface area contributed by atoms with E-state index in [0.717, 1.165) is 103 Å². The van der Waals surface area contributed by atoms with E-state index in [9.17, 15) is 0 Å². The lowest BCUT2D eigenvalue weighted by Gasteiger charge is -2.31. The molecule has 0 unspecified atom stereocenters. The molecule has 9 heterocycles. The van der Waals surface area contributed by atoms with Crippen molar-refractivity contribution >= 4 is 33.1 Å². The number of hydrogen-bond donors (Lipinski definition) is 3. The van der Waals surface area contributed by atoms with Crippen LogP contribution in [0.5, 0.6) is 0 Å². The van der Waals surface area contributed by atoms with Crippen LogP contribution in [0, 0.1) is 0 Å². The Kier molecular flexibility index (Phi) is 6.72. The molecule has 43 heavy (non-hydrogen) atoms. The fourth-order valence-corrected chi connectivity index (χ4v) is 6.60. The summed E-state index contributed by atoms with van der Waals surface area (Å²) < 4.78 is 3.58. The highest BCUT2D eigenvalue weighted by Crippen LogP contribution is 2.32. The largest absolute Gasteiger partial charge is 0.346 e. The van der Waals surface area contributed by atoms with Crippen LogP contribution in [0.15, 0.2) is 61.7 Å². The Balaban J connectivity index is 0.000000136. The molecule has 7 aromatic heterocycles. The predicted octanol–water partition coefficient (Wildman–Crippen LogP) is 3.45. The Hall–Kier alpha value is -4.75. The van der Waals surface area contributed by atoms with Crippen molar-refractivity contribution in [2.75, 3.05) is 26.2 Å². The Morgan fingerprint density at radius 1 is 0.744 bits per heavy atom. The number of pyridine rings is 1. The molecule has 0 atom stereocenters. The van der Waals surface area contributed by atoms with Gasteiger partial charge in [-0.1, -0.05) is 16.5 Å². The number of piperidine rings is 2. The third-order valence-corrected chi connectivity index (χ3v) is 8.82. The topological polar surface area (TPSA) is 146 Å². The molecule has 0 spiro atoms. The first-order valence-electron chi connectivity index (χ1n) is 15.0. The summed E-state index contributed by atoms with van der Waals surface area (Å²) >= 11 is 0. The van der Waals surface area contributed by atoms with Crippen LogP contribution in [0.2, 0.25) is 0 Å². The van der Waals surface area contributed by atoms with Crippen LogP contribution in [0.25, 0.3) is 33.1 Å². The molecule has 0 bridgehead atoms. The van der Waals surface area contributed by atoms with Gasteiger partial charge in [-0.15, -0.1) is 10.2 Å². The van der Waals surface area contributed by atoms with E-state index in [1.807, 2.05) is 36.9 Å². The molecule has 13 nitrogen and oxygen atoms in total. The zero-order valence-corrected chi connectivity index (χ0v) is 23.8. The van der Waals surface area contributed by atoms with Gasteiger partial charge in [0, 0.05) is 53.9 Å². The van der Waals surface area contributed by atoms with Crippen molar-refractivity contribution in [2.24, 2.45) is 0 Å². The third-order valence-electron chi connectivity index (χ3n) is 8.82. The van der Waals surface area contributed by atoms with E-state index in [4.69, 9.17) is 0 Å². The zero-order chi connectivity index (χ0) is 28.6. The van der Waals surface area contributed by atoms with Crippen molar-refractivity contribution in [1.29, 1.82) is 0 Å². The number of nitrogens with one attached hydrogen (secondary N) is 3. The SMILES string of the molecule is c1cc2c(ncn3nnc(C4CCNCC4)c23)[nH]1.c1cncc(CN2CCC(c3nnn4cnc5[nH]ccc5c34)CC2)c1. The minimum Gasteiger partial charge on any atom is -0.346 e. The standard InChI is InChI=1S/C18H19N7.C12H14N6/c1-2-13(10-19-6-1)11-24-8-4-14(5-9-24)16-17-15-3-7-20-18(15)21-12-25(17)23-22-16;1-4-13-5-2-8(1)10-11-9-3-6-14-12(9)15-7-18(11)17-16-10/h1-3,6-7,10,12,14,20H,4-5,8-9,11H2;3,6-8,13-14H,1-2,4-5H2. The van der Waals surface area contributed by atoms with Gasteiger partial charge in [0.2, 0.25) is 0 Å². The molecule has 218 valence electrons. The quantitative estimate of drug-likeness (QED) is 0.287. The lowest BCUT2D eigenvalue weighted by molar-refractivity contribution is 0.203. The molecule has 2 aliphatic rings. The number of rotatable bonds is 4. The maximum absolute atomic E-state index is 4.49. The molecular formula is C30H33N13. The third kappa shape index (κ3) is 4.89. The number of fused-ring (bicyclic) bond motifs is 6. The number of hydrogen-bond acceptors (Lipinski definition) is 9. The van der Waals surface area contributed by atoms with Crippen LogP contribution in [-0.4, -0.2) is 85.7 Å². The molecule has 2 saturated heterocycles. The monoisotopic (exact) mass is 575 g/mol. The van der Waals surface area contributed by atoms with Crippen molar-refractivity contribution in [3.8, 4) is 0 Å². The van der Waals surface area contributed by atoms with Crippen molar-refractivity contribution < 1.29 is 0 Å². The first-order chi connectivity index (χ1) is 21.3. The molecule has 9 rings (SSSR count). The number of aromatic amines is 2. The molecule has 0 radical (unpaired) electrons. The van der Waals surface area contributed by atoms with Gasteiger partial charge in [-0.2, -0.15) is 0 Å². The van der Waals surface area contributed by atoms with Crippen LogP contribution >= 0.6 is 0 Å². The Bertz CT molecular complexity index is 1970. The maximum atomic E-state index is 4.49. The number of nitrogens with zero attached hydrogens (tertiary/aromatic N) is 10. The highest BCUT2D eigenvalue weighted by molar-refractivity contribution is 5.93. The molecule has 7 aromatic rings. The van der Waals surface area contributed by atoms with E-state index in [1.165, 1.54) is 5.56 Å². The average Bonchev–Trinajstić information content (AvgIpc) is 3.87. The van der Waals surface area contributed by atoms with Gasteiger partial charge >= 0.3 is 0 Å². The molecule has 0 aromatic carbocycles. The highest BCUT2D eigenvalue weighted by atomic mass is 15.4. The Labute approximate surface area is 246 Å². The Morgan fingerprint density at radius 2 is 1.35 bits per heavy atom. The zero-order valence-electron chi connectivity index (χ0n) is 23.8. The van der Waals surface area contributed by atoms with Crippen molar-refractivity contribution in [3.05, 3.63) is 78.7 Å². The van der Waals surface area contributed by atoms with E-state index in [2.05, 4.69) is 67.9 Å². The van der Waals surface area contributed by atoms with Crippen LogP contribution in [0.3, 0.4) is 0 Å². The van der Waals surface area contributed by atoms with Crippen LogP contribution in [0.4, 0.5) is 0 Å². The number of likely N-dealkylation sites (tertiary alicyclic amines) is 1. The van der Waals surface area contributed by atoms with Crippen LogP contribution in [0.1, 0.15) is 54.5 Å². The van der Waals surface area contributed by atoms with Gasteiger partial charge in [0.1, 0.15) is 35.0 Å². The van der Waals surface area contributed by atoms with Gasteiger partial charge in [0.15, 0.2) is 0 Å². The number of aromatic nitrogens is 11. The maximum Gasteiger partial charge on any atom is 0.141 e. The minimum atomic E-state index is 0.447. The molecular weight excluding hydrogens is 542 g/mol. The molecule has 0 aliphatic carbocycles. The Morgan fingerprint density at radius 3 is 1.93 bits per heavy atom. The molecule has 0 amide bonds. The number of H-pyrrole nitrogens is 2. The van der Waals surface area contributed by atoms with E-state index < -0.39 is 0 Å². The van der Waals surface area contributed by atoms with Gasteiger partial charge in [-0.3, -0.25) is 9.88 Å². The second-order valence-electron chi connectivity index (χ2n) is 11.4. The first kappa shape index (κ1) is 25.9. The van der Waals surface area contributed by atoms with Crippen molar-refractivity contribution in [2.45, 2.75) is 44.1 Å². The molecule has 13 heteroatoms. The summed E-state index contributed by atoms with van der Waals surface area (Å²) in [7, 11) is 0. The second-order valence-corrected chi connectivity index (χ2v) is 11.4. The molecule has 2 fully saturated rings. The van der Waals surface area contributed by atoms with Crippen molar-refractivity contribution in [3.63, 3.8) is 0 Å². The summed E-state index contributed by atoms with van der Waals surface area (Å²) in [4.78, 5) is 21.7. The minimum absolute atomic E-state index is 0.447. The molecule has 2 aliphatic heterocycles. The van der Waals surface area contributed by atoms with E-state index >= 15 is 0 Å². The van der Waals surface area contributed by atoms with E-state index in [0.29, 0.717) is 11.8 Å². The normalized spacial score (nSPS) is 17.2. The molecule has 0 saturated carbocycles. The van der Waals surface area contributed by atoms with Crippen LogP contribution < -0.4 is 5.32 Å². The summed E-state index contributed by atoms with van der Waals surface area (Å²) in [5.41, 5.74) is 7.49. The lowest BCUT2D eigenvalue weighted by Crippen LogP contribution is -2.32. The average molecular weight is 576 g/mol. The van der Waals surface area contributed by atoms with Crippen molar-refractivity contribution in [1.82, 2.24) is 64.8 Å². The predicted molar refractivity (Wildman–Crippen MR) is 162 cm³/mol. The van der Waals surface area contributed by atoms with Crippen LogP contribution in [-0.2, 0) is 6.54 Å². The van der Waals surface area contributed by atoms with E-state index in [-0.39, 0.29) is 0 Å². The molecule has 3 N–H and O–H groups in total. The first-order valence-corrected chi connectivity index (χ1v) is 15.0. The van der Waals surface area contributed by atoms with E-state index in [1.54, 1.807) is 21.7 Å². The van der Waals surface area contributed by atoms with Gasteiger partial charge in [-0.05, 0) is 75.6 Å². The highest BCUT2D eigenvalue weighted by Gasteiger charge is 2.26. The summed E-state index contributed by atoms with van der Waals surface area (Å²) in [6, 6.07) is 8.25. The summed E-state index contributed by atoms with van der Waals surface area (Å²) in [6.45, 7) is 5.23. The second kappa shape index (κ2) is 11.2. The van der Waals surface area contributed by atoms with Gasteiger partial charge in [0.25, 0.3) is 0 Å². The fourth-order valence-electron chi connectivity index (χ4n) is 6.60.